The van der Waals surface area contributed by atoms with Crippen molar-refractivity contribution >= 4 is 23.2 Å². The van der Waals surface area contributed by atoms with E-state index in [9.17, 15) is 9.59 Å². The normalized spacial score (nSPS) is 15.9. The Kier molecular flexibility index (Phi) is 6.98. The van der Waals surface area contributed by atoms with Gasteiger partial charge in [-0.1, -0.05) is 35.9 Å². The zero-order valence-electron chi connectivity index (χ0n) is 15.4. The van der Waals surface area contributed by atoms with Crippen molar-refractivity contribution in [1.82, 2.24) is 15.5 Å². The van der Waals surface area contributed by atoms with Gasteiger partial charge in [-0.15, -0.1) is 11.3 Å². The number of thiophene rings is 1. The zero-order valence-corrected chi connectivity index (χ0v) is 16.3. The molecule has 0 radical (unpaired) electrons. The van der Waals surface area contributed by atoms with Crippen molar-refractivity contribution in [2.45, 2.75) is 19.5 Å². The number of nitrogens with one attached hydrogen (secondary N) is 2. The quantitative estimate of drug-likeness (QED) is 0.743. The van der Waals surface area contributed by atoms with E-state index in [2.05, 4.69) is 39.8 Å². The first kappa shape index (κ1) is 19.5. The van der Waals surface area contributed by atoms with Gasteiger partial charge >= 0.3 is 11.8 Å². The molecule has 0 aliphatic carbocycles. The Labute approximate surface area is 163 Å². The molecule has 1 atom stereocenters. The van der Waals surface area contributed by atoms with Gasteiger partial charge in [-0.3, -0.25) is 14.5 Å². The van der Waals surface area contributed by atoms with Gasteiger partial charge in [0, 0.05) is 24.5 Å². The lowest BCUT2D eigenvalue weighted by molar-refractivity contribution is -0.139. The predicted molar refractivity (Wildman–Crippen MR) is 105 cm³/mol. The first-order chi connectivity index (χ1) is 13.1. The van der Waals surface area contributed by atoms with E-state index in [1.807, 2.05) is 24.4 Å². The smallest absolute Gasteiger partial charge is 0.309 e. The van der Waals surface area contributed by atoms with Crippen molar-refractivity contribution in [3.05, 3.63) is 57.8 Å². The van der Waals surface area contributed by atoms with Crippen LogP contribution in [-0.4, -0.2) is 49.6 Å². The molecule has 1 aliphatic rings. The molecule has 6 nitrogen and oxygen atoms in total. The number of rotatable bonds is 6. The Morgan fingerprint density at radius 2 is 1.81 bits per heavy atom. The fraction of sp³-hybridized carbons (Fsp3) is 0.400. The molecule has 7 heteroatoms. The van der Waals surface area contributed by atoms with E-state index < -0.39 is 11.8 Å². The van der Waals surface area contributed by atoms with E-state index in [4.69, 9.17) is 4.74 Å². The fourth-order valence-corrected chi connectivity index (χ4v) is 3.71. The van der Waals surface area contributed by atoms with Crippen LogP contribution in [0.2, 0.25) is 0 Å². The SMILES string of the molecule is Cc1ccc(C(CNC(=O)C(=O)NCc2cccs2)N2CCOCC2)cc1. The summed E-state index contributed by atoms with van der Waals surface area (Å²) in [5.74, 6) is -1.20. The summed E-state index contributed by atoms with van der Waals surface area (Å²) >= 11 is 1.55. The number of hydrogen-bond donors (Lipinski definition) is 2. The lowest BCUT2D eigenvalue weighted by atomic mass is 10.0. The molecule has 1 fully saturated rings. The molecular weight excluding hydrogens is 362 g/mol. The van der Waals surface area contributed by atoms with Gasteiger partial charge in [-0.25, -0.2) is 0 Å². The first-order valence-corrected chi connectivity index (χ1v) is 9.98. The van der Waals surface area contributed by atoms with E-state index in [0.29, 0.717) is 26.3 Å². The minimum absolute atomic E-state index is 0.0172. The van der Waals surface area contributed by atoms with Gasteiger partial charge in [0.05, 0.1) is 25.8 Å². The number of carbonyl (C=O) groups excluding carboxylic acids is 2. The lowest BCUT2D eigenvalue weighted by Gasteiger charge is -2.35. The highest BCUT2D eigenvalue weighted by Crippen LogP contribution is 2.21. The molecule has 2 N–H and O–H groups in total. The fourth-order valence-electron chi connectivity index (χ4n) is 3.07. The van der Waals surface area contributed by atoms with Crippen molar-refractivity contribution in [3.8, 4) is 0 Å². The summed E-state index contributed by atoms with van der Waals surface area (Å²) in [6.07, 6.45) is 0. The molecule has 1 unspecified atom stereocenters. The Bertz CT molecular complexity index is 740. The molecule has 1 saturated heterocycles. The van der Waals surface area contributed by atoms with Crippen molar-refractivity contribution in [3.63, 3.8) is 0 Å². The van der Waals surface area contributed by atoms with Crippen LogP contribution < -0.4 is 10.6 Å². The average molecular weight is 388 g/mol. The van der Waals surface area contributed by atoms with Gasteiger partial charge in [-0.05, 0) is 23.9 Å². The molecule has 2 heterocycles. The summed E-state index contributed by atoms with van der Waals surface area (Å²) in [6.45, 7) is 5.77. The monoisotopic (exact) mass is 387 g/mol. The van der Waals surface area contributed by atoms with E-state index in [0.717, 1.165) is 23.5 Å². The van der Waals surface area contributed by atoms with Crippen molar-refractivity contribution < 1.29 is 14.3 Å². The van der Waals surface area contributed by atoms with Crippen LogP contribution in [0.5, 0.6) is 0 Å². The lowest BCUT2D eigenvalue weighted by Crippen LogP contribution is -2.46. The maximum absolute atomic E-state index is 12.2. The highest BCUT2D eigenvalue weighted by Gasteiger charge is 2.24. The highest BCUT2D eigenvalue weighted by atomic mass is 32.1. The second-order valence-corrected chi connectivity index (χ2v) is 7.58. The van der Waals surface area contributed by atoms with Crippen LogP contribution in [0, 0.1) is 6.92 Å². The van der Waals surface area contributed by atoms with Gasteiger partial charge in [-0.2, -0.15) is 0 Å². The standard InChI is InChI=1S/C20H25N3O3S/c1-15-4-6-16(7-5-15)18(23-8-10-26-11-9-23)14-22-20(25)19(24)21-13-17-3-2-12-27-17/h2-7,12,18H,8-11,13-14H2,1H3,(H,21,24)(H,22,25). The van der Waals surface area contributed by atoms with Crippen molar-refractivity contribution in [1.29, 1.82) is 0 Å². The van der Waals surface area contributed by atoms with Gasteiger partial charge in [0.1, 0.15) is 0 Å². The van der Waals surface area contributed by atoms with Crippen LogP contribution in [-0.2, 0) is 20.9 Å². The van der Waals surface area contributed by atoms with Crippen LogP contribution in [0.25, 0.3) is 0 Å². The van der Waals surface area contributed by atoms with Crippen LogP contribution in [0.4, 0.5) is 0 Å². The van der Waals surface area contributed by atoms with Crippen molar-refractivity contribution in [2.24, 2.45) is 0 Å². The molecule has 2 aromatic rings. The molecule has 0 bridgehead atoms. The Morgan fingerprint density at radius 3 is 2.48 bits per heavy atom. The average Bonchev–Trinajstić information content (AvgIpc) is 3.22. The molecule has 1 aliphatic heterocycles. The van der Waals surface area contributed by atoms with Gasteiger partial charge in [0.2, 0.25) is 0 Å². The first-order valence-electron chi connectivity index (χ1n) is 9.10. The molecule has 2 amide bonds. The van der Waals surface area contributed by atoms with Gasteiger partial charge in [0.15, 0.2) is 0 Å². The minimum Gasteiger partial charge on any atom is -0.379 e. The molecule has 0 saturated carbocycles. The summed E-state index contributed by atoms with van der Waals surface area (Å²) in [4.78, 5) is 27.6. The zero-order chi connectivity index (χ0) is 19.1. The molecule has 3 rings (SSSR count). The van der Waals surface area contributed by atoms with Crippen molar-refractivity contribution in [2.75, 3.05) is 32.8 Å². The maximum Gasteiger partial charge on any atom is 0.309 e. The van der Waals surface area contributed by atoms with Crippen LogP contribution in [0.3, 0.4) is 0 Å². The second kappa shape index (κ2) is 9.64. The third kappa shape index (κ3) is 5.63. The van der Waals surface area contributed by atoms with E-state index in [1.54, 1.807) is 11.3 Å². The Balaban J connectivity index is 1.58. The molecule has 1 aromatic heterocycles. The molecule has 1 aromatic carbocycles. The third-order valence-corrected chi connectivity index (χ3v) is 5.49. The summed E-state index contributed by atoms with van der Waals surface area (Å²) < 4.78 is 5.44. The largest absolute Gasteiger partial charge is 0.379 e. The van der Waals surface area contributed by atoms with Crippen LogP contribution in [0.15, 0.2) is 41.8 Å². The summed E-state index contributed by atoms with van der Waals surface area (Å²) in [6, 6.07) is 12.2. The second-order valence-electron chi connectivity index (χ2n) is 6.55. The number of nitrogens with zero attached hydrogens (tertiary/aromatic N) is 1. The molecular formula is C20H25N3O3S. The highest BCUT2D eigenvalue weighted by molar-refractivity contribution is 7.09. The van der Waals surface area contributed by atoms with Crippen LogP contribution in [0.1, 0.15) is 22.0 Å². The summed E-state index contributed by atoms with van der Waals surface area (Å²) in [5.41, 5.74) is 2.32. The molecule has 0 spiro atoms. The number of benzene rings is 1. The van der Waals surface area contributed by atoms with E-state index in [-0.39, 0.29) is 6.04 Å². The number of carbonyl (C=O) groups is 2. The number of ether oxygens (including phenoxy) is 1. The molecule has 27 heavy (non-hydrogen) atoms. The van der Waals surface area contributed by atoms with E-state index >= 15 is 0 Å². The summed E-state index contributed by atoms with van der Waals surface area (Å²) in [7, 11) is 0. The minimum atomic E-state index is -0.604. The maximum atomic E-state index is 12.2. The number of amides is 2. The van der Waals surface area contributed by atoms with Gasteiger partial charge < -0.3 is 15.4 Å². The summed E-state index contributed by atoms with van der Waals surface area (Å²) in [5, 5.41) is 7.39. The molecule has 144 valence electrons. The van der Waals surface area contributed by atoms with Gasteiger partial charge in [0.25, 0.3) is 0 Å². The number of morpholine rings is 1. The topological polar surface area (TPSA) is 70.7 Å². The van der Waals surface area contributed by atoms with E-state index in [1.165, 1.54) is 5.56 Å². The number of hydrogen-bond acceptors (Lipinski definition) is 5. The van der Waals surface area contributed by atoms with Crippen LogP contribution >= 0.6 is 11.3 Å². The predicted octanol–water partition coefficient (Wildman–Crippen LogP) is 1.86. The number of aryl methyl sites for hydroxylation is 1. The third-order valence-electron chi connectivity index (χ3n) is 4.61. The Morgan fingerprint density at radius 1 is 1.11 bits per heavy atom. The Hall–Kier alpha value is -2.22.